The van der Waals surface area contributed by atoms with Crippen LogP contribution < -0.4 is 5.32 Å². The van der Waals surface area contributed by atoms with Gasteiger partial charge in [0.1, 0.15) is 11.5 Å². The van der Waals surface area contributed by atoms with Crippen LogP contribution in [0.2, 0.25) is 0 Å². The molecule has 0 spiro atoms. The molecule has 1 atom stereocenters. The first-order chi connectivity index (χ1) is 12.8. The van der Waals surface area contributed by atoms with Crippen LogP contribution in [0.15, 0.2) is 30.5 Å². The fourth-order valence-electron chi connectivity index (χ4n) is 3.46. The molecular weight excluding hydrogens is 400 g/mol. The summed E-state index contributed by atoms with van der Waals surface area (Å²) < 4.78 is 55.6. The zero-order valence-electron chi connectivity index (χ0n) is 15.2. The number of rotatable bonds is 4. The van der Waals surface area contributed by atoms with Crippen molar-refractivity contribution < 1.29 is 22.4 Å². The second kappa shape index (κ2) is 8.91. The summed E-state index contributed by atoms with van der Waals surface area (Å²) in [5.74, 6) is -1.40. The van der Waals surface area contributed by atoms with Crippen LogP contribution in [0, 0.1) is 11.7 Å². The molecule has 0 saturated carbocycles. The Labute approximate surface area is 166 Å². The number of nitrogens with one attached hydrogen (secondary N) is 1. The number of para-hydroxylation sites is 1. The molecule has 1 N–H and O–H groups in total. The molecule has 1 aliphatic rings. The summed E-state index contributed by atoms with van der Waals surface area (Å²) in [5, 5.41) is 6.71. The van der Waals surface area contributed by atoms with E-state index in [1.165, 1.54) is 23.1 Å². The van der Waals surface area contributed by atoms with Gasteiger partial charge in [0.25, 0.3) is 5.91 Å². The minimum absolute atomic E-state index is 0. The molecule has 1 unspecified atom stereocenters. The van der Waals surface area contributed by atoms with Crippen molar-refractivity contribution in [3.63, 3.8) is 0 Å². The van der Waals surface area contributed by atoms with Crippen LogP contribution in [-0.2, 0) is 6.18 Å². The van der Waals surface area contributed by atoms with E-state index in [2.05, 4.69) is 10.4 Å². The van der Waals surface area contributed by atoms with Gasteiger partial charge in [0.15, 0.2) is 5.69 Å². The van der Waals surface area contributed by atoms with Crippen LogP contribution in [0.1, 0.15) is 28.9 Å². The third kappa shape index (κ3) is 4.47. The predicted molar refractivity (Wildman–Crippen MR) is 98.3 cm³/mol. The van der Waals surface area contributed by atoms with Crippen molar-refractivity contribution in [1.29, 1.82) is 0 Å². The third-order valence-corrected chi connectivity index (χ3v) is 4.65. The number of likely N-dealkylation sites (tertiary alicyclic amines) is 1. The Morgan fingerprint density at radius 1 is 1.32 bits per heavy atom. The van der Waals surface area contributed by atoms with Gasteiger partial charge < -0.3 is 10.2 Å². The van der Waals surface area contributed by atoms with E-state index in [-0.39, 0.29) is 24.0 Å². The summed E-state index contributed by atoms with van der Waals surface area (Å²) in [6.07, 6.45) is -2.35. The lowest BCUT2D eigenvalue weighted by Crippen LogP contribution is -2.43. The Balaban J connectivity index is 0.00000280. The zero-order chi connectivity index (χ0) is 19.6. The molecule has 1 aromatic heterocycles. The molecule has 2 heterocycles. The van der Waals surface area contributed by atoms with Gasteiger partial charge in [-0.1, -0.05) is 12.1 Å². The maximum absolute atomic E-state index is 14.0. The minimum atomic E-state index is -4.86. The van der Waals surface area contributed by atoms with Crippen molar-refractivity contribution in [1.82, 2.24) is 20.0 Å². The number of carbonyl (C=O) groups excluding carboxylic acids is 1. The number of hydrogen-bond donors (Lipinski definition) is 1. The van der Waals surface area contributed by atoms with E-state index in [1.807, 2.05) is 0 Å². The summed E-state index contributed by atoms with van der Waals surface area (Å²) in [5.41, 5.74) is -2.17. The molecule has 3 rings (SSSR count). The van der Waals surface area contributed by atoms with Crippen molar-refractivity contribution in [2.45, 2.75) is 19.0 Å². The highest BCUT2D eigenvalue weighted by atomic mass is 35.5. The first kappa shape index (κ1) is 22.2. The summed E-state index contributed by atoms with van der Waals surface area (Å²) in [4.78, 5) is 14.2. The monoisotopic (exact) mass is 420 g/mol. The Morgan fingerprint density at radius 2 is 2.04 bits per heavy atom. The highest BCUT2D eigenvalue weighted by molar-refractivity contribution is 5.95. The highest BCUT2D eigenvalue weighted by Crippen LogP contribution is 2.35. The summed E-state index contributed by atoms with van der Waals surface area (Å²) >= 11 is 0. The predicted octanol–water partition coefficient (Wildman–Crippen LogP) is 3.52. The number of benzene rings is 1. The van der Waals surface area contributed by atoms with E-state index in [9.17, 15) is 22.4 Å². The van der Waals surface area contributed by atoms with Crippen LogP contribution in [0.4, 0.5) is 17.6 Å². The number of nitrogens with zero attached hydrogens (tertiary/aromatic N) is 3. The van der Waals surface area contributed by atoms with E-state index in [1.54, 1.807) is 7.05 Å². The fourth-order valence-corrected chi connectivity index (χ4v) is 3.46. The van der Waals surface area contributed by atoms with Crippen LogP contribution in [-0.4, -0.2) is 47.3 Å². The van der Waals surface area contributed by atoms with Crippen LogP contribution >= 0.6 is 12.4 Å². The minimum Gasteiger partial charge on any atom is -0.338 e. The lowest BCUT2D eigenvalue weighted by atomic mass is 9.97. The Kier molecular flexibility index (Phi) is 7.06. The Hall–Kier alpha value is -2.13. The van der Waals surface area contributed by atoms with Crippen molar-refractivity contribution in [3.8, 4) is 5.69 Å². The van der Waals surface area contributed by atoms with Crippen LogP contribution in [0.5, 0.6) is 0 Å². The molecule has 28 heavy (non-hydrogen) atoms. The van der Waals surface area contributed by atoms with Crippen molar-refractivity contribution >= 4 is 18.3 Å². The molecule has 1 aliphatic heterocycles. The second-order valence-corrected chi connectivity index (χ2v) is 6.58. The van der Waals surface area contributed by atoms with E-state index < -0.39 is 29.2 Å². The molecule has 1 aromatic carbocycles. The van der Waals surface area contributed by atoms with Gasteiger partial charge in [-0.2, -0.15) is 18.3 Å². The number of amides is 1. The molecule has 0 radical (unpaired) electrons. The Bertz CT molecular complexity index is 822. The summed E-state index contributed by atoms with van der Waals surface area (Å²) in [6.45, 7) is 1.45. The lowest BCUT2D eigenvalue weighted by molar-refractivity contribution is -0.143. The number of hydrogen-bond acceptors (Lipinski definition) is 3. The van der Waals surface area contributed by atoms with E-state index in [4.69, 9.17) is 0 Å². The Morgan fingerprint density at radius 3 is 2.68 bits per heavy atom. The van der Waals surface area contributed by atoms with Gasteiger partial charge in [-0.05, 0) is 44.5 Å². The highest BCUT2D eigenvalue weighted by Gasteiger charge is 2.42. The molecule has 0 bridgehead atoms. The average molecular weight is 421 g/mol. The molecule has 1 saturated heterocycles. The topological polar surface area (TPSA) is 50.2 Å². The average Bonchev–Trinajstić information content (AvgIpc) is 3.07. The molecule has 0 aliphatic carbocycles. The number of carbonyl (C=O) groups is 1. The number of piperidine rings is 1. The lowest BCUT2D eigenvalue weighted by Gasteiger charge is -2.32. The van der Waals surface area contributed by atoms with Gasteiger partial charge in [-0.15, -0.1) is 12.4 Å². The smallest absolute Gasteiger partial charge is 0.338 e. The van der Waals surface area contributed by atoms with Gasteiger partial charge >= 0.3 is 6.18 Å². The largest absolute Gasteiger partial charge is 0.434 e. The standard InChI is InChI=1S/C18H20F4N4O.ClH/c1-23-9-12-5-4-8-25(11-12)17(27)13-10-24-26(16(13)18(20,21)22)15-7-3-2-6-14(15)19;/h2-3,6-7,10,12,23H,4-5,8-9,11H2,1H3;1H. The SMILES string of the molecule is CNCC1CCCN(C(=O)c2cnn(-c3ccccc3F)c2C(F)(F)F)C1.Cl. The molecule has 154 valence electrons. The normalized spacial score (nSPS) is 17.3. The van der Waals surface area contributed by atoms with Crippen LogP contribution in [0.25, 0.3) is 5.69 Å². The van der Waals surface area contributed by atoms with Gasteiger partial charge in [-0.3, -0.25) is 4.79 Å². The zero-order valence-corrected chi connectivity index (χ0v) is 16.0. The van der Waals surface area contributed by atoms with E-state index in [0.717, 1.165) is 25.1 Å². The fraction of sp³-hybridized carbons (Fsp3) is 0.444. The number of alkyl halides is 3. The first-order valence-corrected chi connectivity index (χ1v) is 8.67. The van der Waals surface area contributed by atoms with Crippen molar-refractivity contribution in [2.75, 3.05) is 26.7 Å². The van der Waals surface area contributed by atoms with Crippen molar-refractivity contribution in [3.05, 3.63) is 47.5 Å². The van der Waals surface area contributed by atoms with E-state index >= 15 is 0 Å². The molecule has 1 fully saturated rings. The second-order valence-electron chi connectivity index (χ2n) is 6.58. The first-order valence-electron chi connectivity index (χ1n) is 8.67. The number of aromatic nitrogens is 2. The van der Waals surface area contributed by atoms with E-state index in [0.29, 0.717) is 24.3 Å². The van der Waals surface area contributed by atoms with Gasteiger partial charge in [0, 0.05) is 13.1 Å². The summed E-state index contributed by atoms with van der Waals surface area (Å²) in [7, 11) is 1.79. The van der Waals surface area contributed by atoms with Crippen LogP contribution in [0.3, 0.4) is 0 Å². The maximum Gasteiger partial charge on any atom is 0.434 e. The van der Waals surface area contributed by atoms with Gasteiger partial charge in [-0.25, -0.2) is 9.07 Å². The molecule has 2 aromatic rings. The molecular formula is C18H21ClF4N4O. The van der Waals surface area contributed by atoms with Gasteiger partial charge in [0.2, 0.25) is 0 Å². The maximum atomic E-state index is 14.0. The number of halogens is 5. The van der Waals surface area contributed by atoms with Gasteiger partial charge in [0.05, 0.1) is 11.8 Å². The molecule has 5 nitrogen and oxygen atoms in total. The third-order valence-electron chi connectivity index (χ3n) is 4.65. The summed E-state index contributed by atoms with van der Waals surface area (Å²) in [6, 6.07) is 5.02. The molecule has 10 heteroatoms. The quantitative estimate of drug-likeness (QED) is 0.770. The van der Waals surface area contributed by atoms with Crippen molar-refractivity contribution in [2.24, 2.45) is 5.92 Å². The molecule has 1 amide bonds.